The second-order valence-electron chi connectivity index (χ2n) is 6.19. The number of carbonyl (C=O) groups is 2. The van der Waals surface area contributed by atoms with Gasteiger partial charge in [-0.05, 0) is 48.0 Å². The molecule has 0 N–H and O–H groups in total. The van der Waals surface area contributed by atoms with Crippen molar-refractivity contribution in [1.29, 1.82) is 0 Å². The van der Waals surface area contributed by atoms with Gasteiger partial charge in [0.05, 0.1) is 7.11 Å². The van der Waals surface area contributed by atoms with Crippen LogP contribution in [0.5, 0.6) is 11.5 Å². The summed E-state index contributed by atoms with van der Waals surface area (Å²) >= 11 is 0. The van der Waals surface area contributed by atoms with E-state index in [1.807, 2.05) is 42.5 Å². The highest BCUT2D eigenvalue weighted by Crippen LogP contribution is 2.28. The van der Waals surface area contributed by atoms with E-state index in [9.17, 15) is 9.59 Å². The zero-order valence-corrected chi connectivity index (χ0v) is 15.6. The van der Waals surface area contributed by atoms with Crippen molar-refractivity contribution in [2.24, 2.45) is 0 Å². The summed E-state index contributed by atoms with van der Waals surface area (Å²) in [6.07, 6.45) is 0. The molecular formula is C22H21NO4. The molecule has 3 rings (SSSR count). The Bertz CT molecular complexity index is 997. The molecule has 3 aromatic carbocycles. The number of benzene rings is 3. The lowest BCUT2D eigenvalue weighted by molar-refractivity contribution is -0.120. The van der Waals surface area contributed by atoms with Crippen molar-refractivity contribution >= 4 is 28.2 Å². The van der Waals surface area contributed by atoms with Gasteiger partial charge >= 0.3 is 0 Å². The molecule has 0 aliphatic rings. The van der Waals surface area contributed by atoms with E-state index in [0.29, 0.717) is 17.1 Å². The molecule has 3 aromatic rings. The van der Waals surface area contributed by atoms with Crippen LogP contribution in [-0.4, -0.2) is 32.5 Å². The molecule has 0 unspecified atom stereocenters. The average molecular weight is 363 g/mol. The highest BCUT2D eigenvalue weighted by Gasteiger charge is 2.14. The topological polar surface area (TPSA) is 55.8 Å². The number of ether oxygens (including phenoxy) is 2. The minimum atomic E-state index is -0.192. The molecule has 27 heavy (non-hydrogen) atoms. The quantitative estimate of drug-likeness (QED) is 0.619. The Morgan fingerprint density at radius 1 is 0.926 bits per heavy atom. The van der Waals surface area contributed by atoms with Gasteiger partial charge < -0.3 is 14.4 Å². The first-order chi connectivity index (χ1) is 13.0. The zero-order valence-electron chi connectivity index (χ0n) is 15.6. The van der Waals surface area contributed by atoms with Crippen molar-refractivity contribution in [3.8, 4) is 11.5 Å². The van der Waals surface area contributed by atoms with Gasteiger partial charge in [0, 0.05) is 18.3 Å². The van der Waals surface area contributed by atoms with Crippen LogP contribution in [0.15, 0.2) is 60.7 Å². The summed E-state index contributed by atoms with van der Waals surface area (Å²) in [7, 11) is 3.21. The van der Waals surface area contributed by atoms with E-state index in [1.54, 1.807) is 30.1 Å². The van der Waals surface area contributed by atoms with Gasteiger partial charge in [0.1, 0.15) is 0 Å². The monoisotopic (exact) mass is 363 g/mol. The molecule has 0 aliphatic carbocycles. The molecule has 0 aliphatic heterocycles. The van der Waals surface area contributed by atoms with Crippen molar-refractivity contribution in [2.75, 3.05) is 25.7 Å². The smallest absolute Gasteiger partial charge is 0.264 e. The van der Waals surface area contributed by atoms with E-state index in [2.05, 4.69) is 0 Å². The van der Waals surface area contributed by atoms with Crippen LogP contribution in [0, 0.1) is 0 Å². The number of methoxy groups -OCH3 is 1. The van der Waals surface area contributed by atoms with E-state index in [-0.39, 0.29) is 18.3 Å². The standard InChI is InChI=1S/C22H21NO4/c1-15(24)17-9-11-20(21(13-17)26-3)27-14-22(25)23(2)19-10-8-16-6-4-5-7-18(16)12-19/h4-13H,14H2,1-3H3. The van der Waals surface area contributed by atoms with Crippen LogP contribution >= 0.6 is 0 Å². The molecule has 0 saturated heterocycles. The molecule has 0 fully saturated rings. The average Bonchev–Trinajstić information content (AvgIpc) is 2.70. The summed E-state index contributed by atoms with van der Waals surface area (Å²) in [6.45, 7) is 1.34. The predicted octanol–water partition coefficient (Wildman–Crippen LogP) is 4.09. The van der Waals surface area contributed by atoms with Gasteiger partial charge in [-0.15, -0.1) is 0 Å². The Morgan fingerprint density at radius 3 is 2.37 bits per heavy atom. The molecule has 0 atom stereocenters. The fourth-order valence-corrected chi connectivity index (χ4v) is 2.77. The SMILES string of the molecule is COc1cc(C(C)=O)ccc1OCC(=O)N(C)c1ccc2ccccc2c1. The van der Waals surface area contributed by atoms with Gasteiger partial charge in [-0.3, -0.25) is 9.59 Å². The van der Waals surface area contributed by atoms with E-state index in [4.69, 9.17) is 9.47 Å². The number of rotatable bonds is 6. The Labute approximate surface area is 158 Å². The number of anilines is 1. The number of amides is 1. The van der Waals surface area contributed by atoms with E-state index in [0.717, 1.165) is 16.5 Å². The number of carbonyl (C=O) groups excluding carboxylic acids is 2. The largest absolute Gasteiger partial charge is 0.493 e. The molecule has 0 radical (unpaired) electrons. The maximum atomic E-state index is 12.5. The molecular weight excluding hydrogens is 342 g/mol. The number of hydrogen-bond donors (Lipinski definition) is 0. The summed E-state index contributed by atoms with van der Waals surface area (Å²) in [5, 5.41) is 2.19. The third-order valence-corrected chi connectivity index (χ3v) is 4.42. The van der Waals surface area contributed by atoms with E-state index >= 15 is 0 Å². The number of Topliss-reactive ketones (excluding diaryl/α,β-unsaturated/α-hetero) is 1. The Balaban J connectivity index is 1.72. The Morgan fingerprint density at radius 2 is 1.67 bits per heavy atom. The molecule has 5 heteroatoms. The van der Waals surface area contributed by atoms with Crippen LogP contribution in [0.2, 0.25) is 0 Å². The number of fused-ring (bicyclic) bond motifs is 1. The van der Waals surface area contributed by atoms with Gasteiger partial charge in [0.15, 0.2) is 23.9 Å². The highest BCUT2D eigenvalue weighted by atomic mass is 16.5. The molecule has 0 bridgehead atoms. The molecule has 0 heterocycles. The second-order valence-corrected chi connectivity index (χ2v) is 6.19. The van der Waals surface area contributed by atoms with Gasteiger partial charge in [0.2, 0.25) is 0 Å². The van der Waals surface area contributed by atoms with Gasteiger partial charge in [-0.25, -0.2) is 0 Å². The molecule has 1 amide bonds. The van der Waals surface area contributed by atoms with Gasteiger partial charge in [-0.1, -0.05) is 30.3 Å². The Hall–Kier alpha value is -3.34. The summed E-state index contributed by atoms with van der Waals surface area (Å²) in [6, 6.07) is 18.7. The van der Waals surface area contributed by atoms with Gasteiger partial charge in [-0.2, -0.15) is 0 Å². The fraction of sp³-hybridized carbons (Fsp3) is 0.182. The third kappa shape index (κ3) is 4.08. The summed E-state index contributed by atoms with van der Waals surface area (Å²) in [5.74, 6) is 0.585. The highest BCUT2D eigenvalue weighted by molar-refractivity contribution is 5.97. The van der Waals surface area contributed by atoms with Crippen LogP contribution in [0.1, 0.15) is 17.3 Å². The van der Waals surface area contributed by atoms with Crippen LogP contribution in [0.25, 0.3) is 10.8 Å². The van der Waals surface area contributed by atoms with Crippen molar-refractivity contribution in [3.63, 3.8) is 0 Å². The molecule has 5 nitrogen and oxygen atoms in total. The van der Waals surface area contributed by atoms with Crippen molar-refractivity contribution in [1.82, 2.24) is 0 Å². The van der Waals surface area contributed by atoms with Gasteiger partial charge in [0.25, 0.3) is 5.91 Å². The molecule has 0 spiro atoms. The molecule has 0 aromatic heterocycles. The lowest BCUT2D eigenvalue weighted by Gasteiger charge is -2.19. The summed E-state index contributed by atoms with van der Waals surface area (Å²) in [5.41, 5.74) is 1.32. The fourth-order valence-electron chi connectivity index (χ4n) is 2.77. The minimum absolute atomic E-state index is 0.0630. The number of ketones is 1. The van der Waals surface area contributed by atoms with Crippen molar-refractivity contribution < 1.29 is 19.1 Å². The van der Waals surface area contributed by atoms with Crippen LogP contribution in [0.4, 0.5) is 5.69 Å². The van der Waals surface area contributed by atoms with Crippen LogP contribution in [-0.2, 0) is 4.79 Å². The first kappa shape index (κ1) is 18.5. The van der Waals surface area contributed by atoms with E-state index in [1.165, 1.54) is 14.0 Å². The summed E-state index contributed by atoms with van der Waals surface area (Å²) in [4.78, 5) is 25.6. The van der Waals surface area contributed by atoms with Crippen molar-refractivity contribution in [2.45, 2.75) is 6.92 Å². The molecule has 138 valence electrons. The lowest BCUT2D eigenvalue weighted by Crippen LogP contribution is -2.31. The number of nitrogens with zero attached hydrogens (tertiary/aromatic N) is 1. The third-order valence-electron chi connectivity index (χ3n) is 4.42. The minimum Gasteiger partial charge on any atom is -0.493 e. The molecule has 0 saturated carbocycles. The number of likely N-dealkylation sites (N-methyl/N-ethyl adjacent to an activating group) is 1. The normalized spacial score (nSPS) is 10.5. The predicted molar refractivity (Wildman–Crippen MR) is 106 cm³/mol. The van der Waals surface area contributed by atoms with E-state index < -0.39 is 0 Å². The lowest BCUT2D eigenvalue weighted by atomic mass is 10.1. The van der Waals surface area contributed by atoms with Crippen LogP contribution in [0.3, 0.4) is 0 Å². The van der Waals surface area contributed by atoms with Crippen molar-refractivity contribution in [3.05, 3.63) is 66.2 Å². The summed E-state index contributed by atoms with van der Waals surface area (Å²) < 4.78 is 10.9. The maximum Gasteiger partial charge on any atom is 0.264 e. The maximum absolute atomic E-state index is 12.5. The first-order valence-electron chi connectivity index (χ1n) is 8.56. The van der Waals surface area contributed by atoms with Crippen LogP contribution < -0.4 is 14.4 Å². The first-order valence-corrected chi connectivity index (χ1v) is 8.56. The zero-order chi connectivity index (χ0) is 19.4. The number of hydrogen-bond acceptors (Lipinski definition) is 4. The Kier molecular flexibility index (Phi) is 5.41. The second kappa shape index (κ2) is 7.91.